The number of amides is 1. The molecule has 0 aliphatic carbocycles. The number of pyridine rings is 1. The van der Waals surface area contributed by atoms with Gasteiger partial charge in [0, 0.05) is 38.2 Å². The van der Waals surface area contributed by atoms with Gasteiger partial charge in [-0.2, -0.15) is 0 Å². The van der Waals surface area contributed by atoms with Crippen LogP contribution in [0.1, 0.15) is 38.7 Å². The van der Waals surface area contributed by atoms with Gasteiger partial charge in [0.25, 0.3) is 11.5 Å². The van der Waals surface area contributed by atoms with E-state index in [4.69, 9.17) is 26.7 Å². The van der Waals surface area contributed by atoms with Gasteiger partial charge in [0.05, 0.1) is 23.7 Å². The molecule has 1 spiro atoms. The summed E-state index contributed by atoms with van der Waals surface area (Å²) in [6, 6.07) is 5.46. The molecule has 0 N–H and O–H groups in total. The van der Waals surface area contributed by atoms with Crippen molar-refractivity contribution in [2.45, 2.75) is 44.9 Å². The molecule has 1 amide bonds. The van der Waals surface area contributed by atoms with Gasteiger partial charge in [-0.25, -0.2) is 4.98 Å². The monoisotopic (exact) mass is 486 g/mol. The Morgan fingerprint density at radius 2 is 1.97 bits per heavy atom. The summed E-state index contributed by atoms with van der Waals surface area (Å²) in [6.07, 6.45) is 5.54. The van der Waals surface area contributed by atoms with Crippen LogP contribution in [0.3, 0.4) is 0 Å². The smallest absolute Gasteiger partial charge is 0.267 e. The topological polar surface area (TPSA) is 76.4 Å². The number of thiocarbonyl (C=S) groups is 1. The van der Waals surface area contributed by atoms with Crippen LogP contribution in [-0.4, -0.2) is 62.6 Å². The Bertz CT molecular complexity index is 1190. The largest absolute Gasteiger partial charge is 0.355 e. The lowest BCUT2D eigenvalue weighted by atomic mass is 10.0. The fourth-order valence-electron chi connectivity index (χ4n) is 4.48. The number of hydrogen-bond donors (Lipinski definition) is 0. The highest BCUT2D eigenvalue weighted by Crippen LogP contribution is 2.37. The van der Waals surface area contributed by atoms with Gasteiger partial charge in [-0.15, -0.1) is 0 Å². The molecule has 2 aromatic heterocycles. The van der Waals surface area contributed by atoms with Crippen LogP contribution in [0.2, 0.25) is 0 Å². The Hall–Kier alpha value is -2.27. The van der Waals surface area contributed by atoms with Crippen LogP contribution < -0.4 is 10.5 Å². The first-order valence-corrected chi connectivity index (χ1v) is 12.5. The molecule has 3 fully saturated rings. The van der Waals surface area contributed by atoms with Crippen LogP contribution in [0.5, 0.6) is 0 Å². The maximum atomic E-state index is 13.5. The van der Waals surface area contributed by atoms with E-state index in [1.54, 1.807) is 23.2 Å². The van der Waals surface area contributed by atoms with Crippen LogP contribution >= 0.6 is 24.0 Å². The number of carbonyl (C=O) groups is 1. The molecule has 1 atom stereocenters. The van der Waals surface area contributed by atoms with Crippen molar-refractivity contribution in [2.24, 2.45) is 0 Å². The summed E-state index contributed by atoms with van der Waals surface area (Å²) in [6.45, 7) is 6.50. The number of rotatable bonds is 4. The molecule has 3 saturated heterocycles. The molecule has 10 heteroatoms. The lowest BCUT2D eigenvalue weighted by Gasteiger charge is -2.38. The first-order valence-electron chi connectivity index (χ1n) is 11.2. The van der Waals surface area contributed by atoms with E-state index in [2.05, 4.69) is 4.90 Å². The minimum Gasteiger partial charge on any atom is -0.355 e. The Kier molecular flexibility index (Phi) is 6.02. The van der Waals surface area contributed by atoms with E-state index < -0.39 is 5.79 Å². The van der Waals surface area contributed by atoms with Gasteiger partial charge in [-0.1, -0.05) is 37.0 Å². The number of carbonyl (C=O) groups excluding carboxylic acids is 1. The zero-order valence-corrected chi connectivity index (χ0v) is 20.3. The number of anilines is 1. The van der Waals surface area contributed by atoms with Crippen LogP contribution in [0.4, 0.5) is 5.82 Å². The third kappa shape index (κ3) is 3.99. The predicted molar refractivity (Wildman–Crippen MR) is 132 cm³/mol. The number of aromatic nitrogens is 2. The van der Waals surface area contributed by atoms with Gasteiger partial charge in [0.1, 0.15) is 15.8 Å². The second-order valence-corrected chi connectivity index (χ2v) is 10.2. The molecule has 5 rings (SSSR count). The summed E-state index contributed by atoms with van der Waals surface area (Å²) >= 11 is 6.71. The molecule has 2 aromatic rings. The number of ether oxygens (including phenoxy) is 2. The zero-order valence-electron chi connectivity index (χ0n) is 18.7. The number of thioether (sulfide) groups is 1. The van der Waals surface area contributed by atoms with Crippen LogP contribution in [0, 0.1) is 0 Å². The molecule has 174 valence electrons. The fourth-order valence-corrected chi connectivity index (χ4v) is 5.92. The third-order valence-corrected chi connectivity index (χ3v) is 7.85. The second-order valence-electron chi connectivity index (χ2n) is 8.49. The van der Waals surface area contributed by atoms with E-state index >= 15 is 0 Å². The predicted octanol–water partition coefficient (Wildman–Crippen LogP) is 3.04. The van der Waals surface area contributed by atoms with Crippen molar-refractivity contribution in [2.75, 3.05) is 31.2 Å². The number of piperidine rings is 1. The van der Waals surface area contributed by atoms with Crippen molar-refractivity contribution in [3.8, 4) is 0 Å². The third-order valence-electron chi connectivity index (χ3n) is 6.52. The SMILES string of the molecule is CCC(C)N1C(=O)/C(=C\c2c(N3CCC4(CC3)OCCO4)nc3ccccn3c2=O)SC1=S. The summed E-state index contributed by atoms with van der Waals surface area (Å²) in [5.41, 5.74) is 0.751. The maximum absolute atomic E-state index is 13.5. The number of hydrogen-bond acceptors (Lipinski definition) is 8. The molecule has 1 unspecified atom stereocenters. The zero-order chi connectivity index (χ0) is 23.2. The number of fused-ring (bicyclic) bond motifs is 1. The quantitative estimate of drug-likeness (QED) is 0.482. The van der Waals surface area contributed by atoms with Crippen molar-refractivity contribution >= 4 is 51.7 Å². The minimum atomic E-state index is -0.527. The average Bonchev–Trinajstić information content (AvgIpc) is 3.39. The Morgan fingerprint density at radius 1 is 1.24 bits per heavy atom. The van der Waals surface area contributed by atoms with Crippen molar-refractivity contribution in [1.29, 1.82) is 0 Å². The number of nitrogens with zero attached hydrogens (tertiary/aromatic N) is 4. The molecular weight excluding hydrogens is 460 g/mol. The molecule has 0 radical (unpaired) electrons. The Morgan fingerprint density at radius 3 is 2.67 bits per heavy atom. The van der Waals surface area contributed by atoms with Crippen molar-refractivity contribution in [3.05, 3.63) is 45.2 Å². The van der Waals surface area contributed by atoms with E-state index in [1.807, 2.05) is 26.0 Å². The lowest BCUT2D eigenvalue weighted by Crippen LogP contribution is -2.46. The van der Waals surface area contributed by atoms with Gasteiger partial charge < -0.3 is 14.4 Å². The first kappa shape index (κ1) is 22.5. The Balaban J connectivity index is 1.56. The van der Waals surface area contributed by atoms with Gasteiger partial charge in [-0.3, -0.25) is 18.9 Å². The molecule has 0 saturated carbocycles. The highest BCUT2D eigenvalue weighted by atomic mass is 32.2. The molecule has 0 bridgehead atoms. The van der Waals surface area contributed by atoms with Crippen LogP contribution in [0.15, 0.2) is 34.1 Å². The molecule has 5 heterocycles. The summed E-state index contributed by atoms with van der Waals surface area (Å²) < 4.78 is 13.7. The minimum absolute atomic E-state index is 0.00314. The average molecular weight is 487 g/mol. The summed E-state index contributed by atoms with van der Waals surface area (Å²) in [4.78, 5) is 35.7. The molecule has 8 nitrogen and oxygen atoms in total. The summed E-state index contributed by atoms with van der Waals surface area (Å²) in [7, 11) is 0. The van der Waals surface area contributed by atoms with Crippen LogP contribution in [0.25, 0.3) is 11.7 Å². The normalized spacial score (nSPS) is 22.8. The van der Waals surface area contributed by atoms with E-state index in [1.165, 1.54) is 16.2 Å². The van der Waals surface area contributed by atoms with E-state index in [0.29, 0.717) is 65.4 Å². The molecule has 3 aliphatic heterocycles. The highest BCUT2D eigenvalue weighted by Gasteiger charge is 2.41. The molecule has 33 heavy (non-hydrogen) atoms. The maximum Gasteiger partial charge on any atom is 0.267 e. The van der Waals surface area contributed by atoms with Crippen molar-refractivity contribution < 1.29 is 14.3 Å². The van der Waals surface area contributed by atoms with Gasteiger partial charge in [0.2, 0.25) is 0 Å². The molecular formula is C23H26N4O4S2. The van der Waals surface area contributed by atoms with Crippen molar-refractivity contribution in [3.63, 3.8) is 0 Å². The second kappa shape index (κ2) is 8.83. The molecule has 3 aliphatic rings. The summed E-state index contributed by atoms with van der Waals surface area (Å²) in [5, 5.41) is 0. The molecule has 0 aromatic carbocycles. The van der Waals surface area contributed by atoms with Crippen molar-refractivity contribution in [1.82, 2.24) is 14.3 Å². The van der Waals surface area contributed by atoms with Gasteiger partial charge >= 0.3 is 0 Å². The first-order chi connectivity index (χ1) is 15.9. The van der Waals surface area contributed by atoms with Gasteiger partial charge in [0.15, 0.2) is 5.79 Å². The standard InChI is InChI=1S/C23H26N4O4S2/c1-3-15(2)27-21(29)17(33-22(27)32)14-16-19(24-18-6-4-5-9-26(18)20(16)28)25-10-7-23(8-11-25)30-12-13-31-23/h4-6,9,14-15H,3,7-8,10-13H2,1-2H3/b17-14+. The fraction of sp³-hybridized carbons (Fsp3) is 0.478. The van der Waals surface area contributed by atoms with E-state index in [0.717, 1.165) is 6.42 Å². The van der Waals surface area contributed by atoms with E-state index in [9.17, 15) is 9.59 Å². The highest BCUT2D eigenvalue weighted by molar-refractivity contribution is 8.26. The van der Waals surface area contributed by atoms with Crippen LogP contribution in [-0.2, 0) is 14.3 Å². The Labute approximate surface area is 201 Å². The summed E-state index contributed by atoms with van der Waals surface area (Å²) in [5.74, 6) is -0.109. The van der Waals surface area contributed by atoms with E-state index in [-0.39, 0.29) is 17.5 Å². The van der Waals surface area contributed by atoms with Gasteiger partial charge in [-0.05, 0) is 31.6 Å². The lowest BCUT2D eigenvalue weighted by molar-refractivity contribution is -0.169.